The highest BCUT2D eigenvalue weighted by molar-refractivity contribution is 6.30. The van der Waals surface area contributed by atoms with Gasteiger partial charge >= 0.3 is 0 Å². The number of benzene rings is 1. The average molecular weight is 350 g/mol. The van der Waals surface area contributed by atoms with Crippen LogP contribution in [0, 0.1) is 5.92 Å². The molecule has 0 atom stereocenters. The summed E-state index contributed by atoms with van der Waals surface area (Å²) in [6.45, 7) is 6.07. The predicted molar refractivity (Wildman–Crippen MR) is 94.9 cm³/mol. The topological polar surface area (TPSA) is 47.4 Å². The molecule has 1 amide bonds. The molecule has 0 bridgehead atoms. The van der Waals surface area contributed by atoms with Crippen LogP contribution in [0.1, 0.15) is 25.2 Å². The smallest absolute Gasteiger partial charge is 0.248 e. The van der Waals surface area contributed by atoms with Crippen LogP contribution >= 0.6 is 11.6 Å². The standard InChI is InChI=1S/C18H24ClN3O2/c1-14(2)10-22(18(23)13-24-3)12-17-20-7-8-21(17)11-15-5-4-6-16(19)9-15/h4-9,14H,10-13H2,1-3H3. The highest BCUT2D eigenvalue weighted by atomic mass is 35.5. The molecule has 0 aliphatic rings. The summed E-state index contributed by atoms with van der Waals surface area (Å²) in [6.07, 6.45) is 3.68. The van der Waals surface area contributed by atoms with Gasteiger partial charge in [-0.05, 0) is 23.6 Å². The highest BCUT2D eigenvalue weighted by Gasteiger charge is 2.17. The minimum Gasteiger partial charge on any atom is -0.375 e. The molecule has 2 rings (SSSR count). The molecule has 24 heavy (non-hydrogen) atoms. The van der Waals surface area contributed by atoms with Gasteiger partial charge in [0.15, 0.2) is 0 Å². The molecule has 0 fully saturated rings. The molecule has 0 N–H and O–H groups in total. The van der Waals surface area contributed by atoms with Crippen LogP contribution in [0.2, 0.25) is 5.02 Å². The third kappa shape index (κ3) is 5.35. The first-order valence-electron chi connectivity index (χ1n) is 8.00. The van der Waals surface area contributed by atoms with Crippen molar-refractivity contribution in [3.8, 4) is 0 Å². The molecule has 0 spiro atoms. The van der Waals surface area contributed by atoms with Crippen LogP contribution in [0.3, 0.4) is 0 Å². The fourth-order valence-corrected chi connectivity index (χ4v) is 2.76. The summed E-state index contributed by atoms with van der Waals surface area (Å²) in [4.78, 5) is 18.5. The second-order valence-corrected chi connectivity index (χ2v) is 6.64. The van der Waals surface area contributed by atoms with Crippen molar-refractivity contribution in [1.29, 1.82) is 0 Å². The number of halogens is 1. The van der Waals surface area contributed by atoms with Gasteiger partial charge in [-0.2, -0.15) is 0 Å². The van der Waals surface area contributed by atoms with Gasteiger partial charge in [0, 0.05) is 37.6 Å². The number of hydrogen-bond donors (Lipinski definition) is 0. The van der Waals surface area contributed by atoms with Crippen molar-refractivity contribution in [2.75, 3.05) is 20.3 Å². The monoisotopic (exact) mass is 349 g/mol. The number of methoxy groups -OCH3 is 1. The SMILES string of the molecule is COCC(=O)N(Cc1nccn1Cc1cccc(Cl)c1)CC(C)C. The number of rotatable bonds is 8. The molecular weight excluding hydrogens is 326 g/mol. The van der Waals surface area contributed by atoms with Crippen molar-refractivity contribution < 1.29 is 9.53 Å². The van der Waals surface area contributed by atoms with Crippen LogP contribution in [0.5, 0.6) is 0 Å². The van der Waals surface area contributed by atoms with Gasteiger partial charge in [0.05, 0.1) is 6.54 Å². The third-order valence-corrected chi connectivity index (χ3v) is 3.82. The lowest BCUT2D eigenvalue weighted by atomic mass is 10.2. The Bertz CT molecular complexity index is 670. The molecule has 0 unspecified atom stereocenters. The first kappa shape index (κ1) is 18.5. The van der Waals surface area contributed by atoms with E-state index in [0.717, 1.165) is 11.4 Å². The van der Waals surface area contributed by atoms with E-state index in [1.807, 2.05) is 35.0 Å². The Hall–Kier alpha value is -1.85. The number of hydrogen-bond acceptors (Lipinski definition) is 3. The largest absolute Gasteiger partial charge is 0.375 e. The van der Waals surface area contributed by atoms with Crippen molar-refractivity contribution in [2.45, 2.75) is 26.9 Å². The highest BCUT2D eigenvalue weighted by Crippen LogP contribution is 2.14. The first-order valence-corrected chi connectivity index (χ1v) is 8.38. The molecule has 0 aliphatic carbocycles. The van der Waals surface area contributed by atoms with Gasteiger partial charge < -0.3 is 14.2 Å². The van der Waals surface area contributed by atoms with E-state index >= 15 is 0 Å². The van der Waals surface area contributed by atoms with E-state index in [1.165, 1.54) is 7.11 Å². The van der Waals surface area contributed by atoms with E-state index in [-0.39, 0.29) is 12.5 Å². The lowest BCUT2D eigenvalue weighted by molar-refractivity contribution is -0.136. The van der Waals surface area contributed by atoms with Crippen molar-refractivity contribution >= 4 is 17.5 Å². The zero-order valence-corrected chi connectivity index (χ0v) is 15.2. The summed E-state index contributed by atoms with van der Waals surface area (Å²) >= 11 is 6.05. The maximum Gasteiger partial charge on any atom is 0.248 e. The number of amides is 1. The molecule has 0 radical (unpaired) electrons. The van der Waals surface area contributed by atoms with Crippen molar-refractivity contribution in [1.82, 2.24) is 14.5 Å². The van der Waals surface area contributed by atoms with Gasteiger partial charge in [-0.25, -0.2) is 4.98 Å². The van der Waals surface area contributed by atoms with E-state index in [1.54, 1.807) is 11.1 Å². The Morgan fingerprint density at radius 2 is 2.21 bits per heavy atom. The Labute approximate surface area is 148 Å². The molecule has 2 aromatic rings. The van der Waals surface area contributed by atoms with Crippen molar-refractivity contribution in [3.63, 3.8) is 0 Å². The van der Waals surface area contributed by atoms with E-state index in [9.17, 15) is 4.79 Å². The van der Waals surface area contributed by atoms with Crippen LogP contribution in [0.4, 0.5) is 0 Å². The first-order chi connectivity index (χ1) is 11.5. The average Bonchev–Trinajstić information content (AvgIpc) is 2.93. The molecule has 0 aliphatic heterocycles. The number of imidazole rings is 1. The van der Waals surface area contributed by atoms with Gasteiger partial charge in [-0.1, -0.05) is 37.6 Å². The fraction of sp³-hybridized carbons (Fsp3) is 0.444. The third-order valence-electron chi connectivity index (χ3n) is 3.58. The summed E-state index contributed by atoms with van der Waals surface area (Å²) in [5, 5.41) is 0.714. The fourth-order valence-electron chi connectivity index (χ4n) is 2.55. The minimum atomic E-state index is -0.0245. The molecule has 1 heterocycles. The molecule has 1 aromatic heterocycles. The summed E-state index contributed by atoms with van der Waals surface area (Å²) < 4.78 is 7.03. The lowest BCUT2D eigenvalue weighted by Gasteiger charge is -2.24. The Kier molecular flexibility index (Phi) is 6.82. The molecule has 130 valence electrons. The number of ether oxygens (including phenoxy) is 1. The maximum atomic E-state index is 12.3. The molecular formula is C18H24ClN3O2. The van der Waals surface area contributed by atoms with Crippen LogP contribution in [0.15, 0.2) is 36.7 Å². The van der Waals surface area contributed by atoms with Gasteiger partial charge in [-0.3, -0.25) is 4.79 Å². The van der Waals surface area contributed by atoms with Crippen LogP contribution in [0.25, 0.3) is 0 Å². The summed E-state index contributed by atoms with van der Waals surface area (Å²) in [6, 6.07) is 7.75. The van der Waals surface area contributed by atoms with E-state index in [2.05, 4.69) is 18.8 Å². The quantitative estimate of drug-likeness (QED) is 0.735. The molecule has 0 saturated heterocycles. The predicted octanol–water partition coefficient (Wildman–Crippen LogP) is 3.22. The van der Waals surface area contributed by atoms with Crippen LogP contribution < -0.4 is 0 Å². The zero-order valence-electron chi connectivity index (χ0n) is 14.4. The Morgan fingerprint density at radius 3 is 2.88 bits per heavy atom. The van der Waals surface area contributed by atoms with Gasteiger partial charge in [0.2, 0.25) is 5.91 Å². The van der Waals surface area contributed by atoms with E-state index in [0.29, 0.717) is 30.6 Å². The Balaban J connectivity index is 2.13. The van der Waals surface area contributed by atoms with Crippen LogP contribution in [-0.4, -0.2) is 40.6 Å². The number of aromatic nitrogens is 2. The molecule has 1 aromatic carbocycles. The van der Waals surface area contributed by atoms with E-state index < -0.39 is 0 Å². The number of carbonyl (C=O) groups excluding carboxylic acids is 1. The van der Waals surface area contributed by atoms with Gasteiger partial charge in [0.1, 0.15) is 12.4 Å². The summed E-state index contributed by atoms with van der Waals surface area (Å²) in [5.41, 5.74) is 1.10. The Morgan fingerprint density at radius 1 is 1.42 bits per heavy atom. The van der Waals surface area contributed by atoms with Crippen molar-refractivity contribution in [2.24, 2.45) is 5.92 Å². The lowest BCUT2D eigenvalue weighted by Crippen LogP contribution is -2.37. The van der Waals surface area contributed by atoms with Crippen LogP contribution in [-0.2, 0) is 22.6 Å². The number of carbonyl (C=O) groups is 1. The second-order valence-electron chi connectivity index (χ2n) is 6.20. The molecule has 6 heteroatoms. The maximum absolute atomic E-state index is 12.3. The summed E-state index contributed by atoms with van der Waals surface area (Å²) in [5.74, 6) is 1.20. The second kappa shape index (κ2) is 8.85. The molecule has 0 saturated carbocycles. The summed E-state index contributed by atoms with van der Waals surface area (Å²) in [7, 11) is 1.53. The molecule has 5 nitrogen and oxygen atoms in total. The van der Waals surface area contributed by atoms with Gasteiger partial charge in [-0.15, -0.1) is 0 Å². The minimum absolute atomic E-state index is 0.0245. The van der Waals surface area contributed by atoms with Gasteiger partial charge in [0.25, 0.3) is 0 Å². The van der Waals surface area contributed by atoms with Crippen molar-refractivity contribution in [3.05, 3.63) is 53.1 Å². The number of nitrogens with zero attached hydrogens (tertiary/aromatic N) is 3. The zero-order chi connectivity index (χ0) is 17.5. The van der Waals surface area contributed by atoms with E-state index in [4.69, 9.17) is 16.3 Å². The normalized spacial score (nSPS) is 11.0.